The number of aromatic nitrogens is 4. The number of nitrogens with one attached hydrogen (secondary N) is 1. The second-order valence-corrected chi connectivity index (χ2v) is 6.52. The molecule has 3 rings (SSSR count). The average Bonchev–Trinajstić information content (AvgIpc) is 3.05. The summed E-state index contributed by atoms with van der Waals surface area (Å²) in [6.45, 7) is 0. The zero-order valence-corrected chi connectivity index (χ0v) is 12.9. The summed E-state index contributed by atoms with van der Waals surface area (Å²) in [4.78, 5) is 12.4. The summed E-state index contributed by atoms with van der Waals surface area (Å²) >= 11 is 2.44. The first-order chi connectivity index (χ1) is 10.9. The van der Waals surface area contributed by atoms with Gasteiger partial charge in [0.05, 0.1) is 11.3 Å². The van der Waals surface area contributed by atoms with Crippen LogP contribution in [-0.2, 0) is 11.0 Å². The quantitative estimate of drug-likeness (QED) is 0.725. The Morgan fingerprint density at radius 3 is 2.96 bits per heavy atom. The Balaban J connectivity index is 1.60. The van der Waals surface area contributed by atoms with Crippen molar-refractivity contribution < 1.29 is 18.0 Å². The molecule has 0 spiro atoms. The van der Waals surface area contributed by atoms with E-state index in [9.17, 15) is 18.0 Å². The number of fused-ring (bicyclic) bond motifs is 1. The Kier molecular flexibility index (Phi) is 4.22. The largest absolute Gasteiger partial charge is 0.416 e. The molecule has 2 aromatic heterocycles. The van der Waals surface area contributed by atoms with Gasteiger partial charge in [-0.2, -0.15) is 17.7 Å². The normalized spacial score (nSPS) is 11.8. The van der Waals surface area contributed by atoms with Gasteiger partial charge in [0.25, 0.3) is 0 Å². The van der Waals surface area contributed by atoms with Crippen molar-refractivity contribution in [3.8, 4) is 0 Å². The van der Waals surface area contributed by atoms with Crippen LogP contribution >= 0.6 is 23.1 Å². The molecule has 0 saturated heterocycles. The van der Waals surface area contributed by atoms with E-state index in [0.29, 0.717) is 9.30 Å². The predicted octanol–water partition coefficient (Wildman–Crippen LogP) is 2.94. The van der Waals surface area contributed by atoms with Crippen molar-refractivity contribution in [1.29, 1.82) is 0 Å². The molecule has 0 aliphatic rings. The summed E-state index contributed by atoms with van der Waals surface area (Å²) in [5.41, 5.74) is -0.708. The van der Waals surface area contributed by atoms with Crippen molar-refractivity contribution in [2.45, 2.75) is 10.5 Å². The molecule has 11 heteroatoms. The molecule has 2 heterocycles. The molecule has 1 aromatic carbocycles. The van der Waals surface area contributed by atoms with Crippen molar-refractivity contribution in [1.82, 2.24) is 19.8 Å². The van der Waals surface area contributed by atoms with Crippen LogP contribution in [0.1, 0.15) is 5.56 Å². The highest BCUT2D eigenvalue weighted by molar-refractivity contribution is 8.01. The van der Waals surface area contributed by atoms with E-state index < -0.39 is 17.6 Å². The van der Waals surface area contributed by atoms with E-state index in [1.165, 1.54) is 46.1 Å². The number of amides is 1. The minimum absolute atomic E-state index is 0.0281. The van der Waals surface area contributed by atoms with Crippen molar-refractivity contribution in [2.75, 3.05) is 11.1 Å². The molecule has 0 aliphatic carbocycles. The highest BCUT2D eigenvalue weighted by atomic mass is 32.2. The third-order valence-electron chi connectivity index (χ3n) is 2.67. The lowest BCUT2D eigenvalue weighted by Gasteiger charge is -2.09. The molecule has 0 bridgehead atoms. The maximum Gasteiger partial charge on any atom is 0.416 e. The van der Waals surface area contributed by atoms with E-state index in [2.05, 4.69) is 20.6 Å². The Hall–Kier alpha value is -2.14. The number of nitrogens with zero attached hydrogens (tertiary/aromatic N) is 4. The molecular weight excluding hydrogens is 351 g/mol. The van der Waals surface area contributed by atoms with Gasteiger partial charge in [-0.3, -0.25) is 4.79 Å². The molecule has 23 heavy (non-hydrogen) atoms. The fourth-order valence-electron chi connectivity index (χ4n) is 1.70. The SMILES string of the molecule is O=C(CSc1nn2cnnc2s1)Nc1cccc(C(F)(F)F)c1. The Morgan fingerprint density at radius 2 is 2.22 bits per heavy atom. The van der Waals surface area contributed by atoms with Crippen LogP contribution in [0.3, 0.4) is 0 Å². The van der Waals surface area contributed by atoms with Gasteiger partial charge in [0.2, 0.25) is 10.9 Å². The smallest absolute Gasteiger partial charge is 0.325 e. The number of hydrogen-bond acceptors (Lipinski definition) is 6. The molecule has 3 aromatic rings. The fraction of sp³-hybridized carbons (Fsp3) is 0.167. The first-order valence-electron chi connectivity index (χ1n) is 6.18. The van der Waals surface area contributed by atoms with E-state index >= 15 is 0 Å². The Bertz CT molecular complexity index is 816. The molecule has 0 radical (unpaired) electrons. The van der Waals surface area contributed by atoms with E-state index in [0.717, 1.165) is 12.1 Å². The molecular formula is C12H8F3N5OS2. The molecule has 0 aliphatic heterocycles. The molecule has 1 amide bonds. The lowest BCUT2D eigenvalue weighted by Crippen LogP contribution is -2.15. The summed E-state index contributed by atoms with van der Waals surface area (Å²) in [6, 6.07) is 4.49. The zero-order chi connectivity index (χ0) is 16.4. The standard InChI is InChI=1S/C12H8F3N5OS2/c13-12(14,15)7-2-1-3-8(4-7)17-9(21)5-22-11-19-20-6-16-18-10(20)23-11/h1-4,6H,5H2,(H,17,21). The number of rotatable bonds is 4. The fourth-order valence-corrected chi connectivity index (χ4v) is 3.36. The van der Waals surface area contributed by atoms with Gasteiger partial charge in [-0.15, -0.1) is 15.3 Å². The average molecular weight is 359 g/mol. The minimum atomic E-state index is -4.45. The van der Waals surface area contributed by atoms with Gasteiger partial charge in [0.1, 0.15) is 6.33 Å². The molecule has 1 N–H and O–H groups in total. The van der Waals surface area contributed by atoms with Crippen LogP contribution in [0.2, 0.25) is 0 Å². The Morgan fingerprint density at radius 1 is 1.39 bits per heavy atom. The van der Waals surface area contributed by atoms with Gasteiger partial charge >= 0.3 is 6.18 Å². The van der Waals surface area contributed by atoms with Gasteiger partial charge < -0.3 is 5.32 Å². The van der Waals surface area contributed by atoms with Crippen molar-refractivity contribution in [3.05, 3.63) is 36.2 Å². The number of thioether (sulfide) groups is 1. The van der Waals surface area contributed by atoms with Crippen LogP contribution in [0.15, 0.2) is 34.9 Å². The number of carbonyl (C=O) groups excluding carboxylic acids is 1. The van der Waals surface area contributed by atoms with Gasteiger partial charge in [-0.1, -0.05) is 29.2 Å². The van der Waals surface area contributed by atoms with Crippen molar-refractivity contribution in [2.24, 2.45) is 0 Å². The summed E-state index contributed by atoms with van der Waals surface area (Å²) in [5, 5.41) is 14.1. The second kappa shape index (κ2) is 6.16. The number of anilines is 1. The molecule has 6 nitrogen and oxygen atoms in total. The monoisotopic (exact) mass is 359 g/mol. The summed E-state index contributed by atoms with van der Waals surface area (Å²) in [6.07, 6.45) is -3.00. The summed E-state index contributed by atoms with van der Waals surface area (Å²) in [7, 11) is 0. The number of halogens is 3. The topological polar surface area (TPSA) is 72.2 Å². The first-order valence-corrected chi connectivity index (χ1v) is 7.99. The highest BCUT2D eigenvalue weighted by Gasteiger charge is 2.30. The van der Waals surface area contributed by atoms with E-state index in [1.807, 2.05) is 0 Å². The number of hydrogen-bond donors (Lipinski definition) is 1. The molecule has 120 valence electrons. The first kappa shape index (κ1) is 15.7. The van der Waals surface area contributed by atoms with Crippen molar-refractivity contribution in [3.63, 3.8) is 0 Å². The summed E-state index contributed by atoms with van der Waals surface area (Å²) < 4.78 is 39.9. The van der Waals surface area contributed by atoms with E-state index in [-0.39, 0.29) is 11.4 Å². The molecule has 0 fully saturated rings. The van der Waals surface area contributed by atoms with Crippen LogP contribution in [0.5, 0.6) is 0 Å². The number of benzene rings is 1. The lowest BCUT2D eigenvalue weighted by molar-refractivity contribution is -0.137. The van der Waals surface area contributed by atoms with Crippen LogP contribution in [0, 0.1) is 0 Å². The minimum Gasteiger partial charge on any atom is -0.325 e. The van der Waals surface area contributed by atoms with Gasteiger partial charge in [-0.25, -0.2) is 0 Å². The predicted molar refractivity (Wildman–Crippen MR) is 79.5 cm³/mol. The summed E-state index contributed by atoms with van der Waals surface area (Å²) in [5.74, 6) is -0.388. The van der Waals surface area contributed by atoms with Gasteiger partial charge in [0, 0.05) is 5.69 Å². The third-order valence-corrected chi connectivity index (χ3v) is 4.71. The second-order valence-electron chi connectivity index (χ2n) is 4.34. The maximum absolute atomic E-state index is 12.6. The van der Waals surface area contributed by atoms with Crippen molar-refractivity contribution >= 4 is 39.7 Å². The van der Waals surface area contributed by atoms with Gasteiger partial charge in [-0.05, 0) is 18.2 Å². The van der Waals surface area contributed by atoms with Crippen LogP contribution in [-0.4, -0.2) is 31.5 Å². The number of carbonyl (C=O) groups is 1. The van der Waals surface area contributed by atoms with E-state index in [4.69, 9.17) is 0 Å². The highest BCUT2D eigenvalue weighted by Crippen LogP contribution is 2.30. The third kappa shape index (κ3) is 3.79. The molecule has 0 unspecified atom stereocenters. The zero-order valence-electron chi connectivity index (χ0n) is 11.2. The molecule has 0 atom stereocenters. The maximum atomic E-state index is 12.6. The van der Waals surface area contributed by atoms with E-state index in [1.54, 1.807) is 0 Å². The van der Waals surface area contributed by atoms with Gasteiger partial charge in [0.15, 0.2) is 4.34 Å². The lowest BCUT2D eigenvalue weighted by atomic mass is 10.2. The number of alkyl halides is 3. The Labute approximate surface area is 135 Å². The van der Waals surface area contributed by atoms with Crippen LogP contribution in [0.4, 0.5) is 18.9 Å². The van der Waals surface area contributed by atoms with Crippen LogP contribution in [0.25, 0.3) is 4.96 Å². The molecule has 0 saturated carbocycles. The van der Waals surface area contributed by atoms with Crippen LogP contribution < -0.4 is 5.32 Å².